The smallest absolute Gasteiger partial charge is 0.227 e. The molecule has 0 atom stereocenters. The number of nitrogens with zero attached hydrogens (tertiary/aromatic N) is 3. The normalized spacial score (nSPS) is 12.3. The van der Waals surface area contributed by atoms with Gasteiger partial charge in [-0.15, -0.1) is 0 Å². The van der Waals surface area contributed by atoms with E-state index in [1.54, 1.807) is 0 Å². The minimum atomic E-state index is 0.0150. The maximum Gasteiger partial charge on any atom is 0.227 e. The third-order valence-corrected chi connectivity index (χ3v) is 8.30. The van der Waals surface area contributed by atoms with Crippen molar-refractivity contribution in [2.24, 2.45) is 0 Å². The predicted molar refractivity (Wildman–Crippen MR) is 175 cm³/mol. The van der Waals surface area contributed by atoms with Crippen molar-refractivity contribution in [1.29, 1.82) is 0 Å². The average molecular weight is 550 g/mol. The van der Waals surface area contributed by atoms with Crippen LogP contribution in [0.15, 0.2) is 101 Å². The van der Waals surface area contributed by atoms with Crippen LogP contribution in [0.5, 0.6) is 0 Å². The van der Waals surface area contributed by atoms with Gasteiger partial charge >= 0.3 is 0 Å². The number of aryl methyl sites for hydroxylation is 1. The first-order valence-corrected chi connectivity index (χ1v) is 14.7. The monoisotopic (exact) mass is 549 g/mol. The summed E-state index contributed by atoms with van der Waals surface area (Å²) in [5.74, 6) is 1.17. The van der Waals surface area contributed by atoms with E-state index in [2.05, 4.69) is 137 Å². The van der Waals surface area contributed by atoms with Crippen LogP contribution in [0.3, 0.4) is 0 Å². The third kappa shape index (κ3) is 4.21. The predicted octanol–water partition coefficient (Wildman–Crippen LogP) is 10.4. The number of hydrogen-bond acceptors (Lipinski definition) is 3. The highest BCUT2D eigenvalue weighted by Crippen LogP contribution is 2.41. The molecule has 0 aliphatic heterocycles. The molecule has 3 aromatic heterocycles. The summed E-state index contributed by atoms with van der Waals surface area (Å²) >= 11 is 0. The first-order valence-electron chi connectivity index (χ1n) is 14.7. The van der Waals surface area contributed by atoms with Crippen LogP contribution < -0.4 is 0 Å². The summed E-state index contributed by atoms with van der Waals surface area (Å²) < 4.78 is 8.91. The number of pyridine rings is 1. The fourth-order valence-corrected chi connectivity index (χ4v) is 5.94. The van der Waals surface area contributed by atoms with Crippen molar-refractivity contribution in [2.45, 2.75) is 52.9 Å². The number of furan rings is 1. The van der Waals surface area contributed by atoms with Crippen molar-refractivity contribution in [1.82, 2.24) is 14.5 Å². The SMILES string of the molecule is Cc1ccc(-c2nc3ccccc3n2-c2ccc(C(C)(C)C)cc2-c2ccccc2)c2oc3nc(C(C)C)ccc3c12. The summed E-state index contributed by atoms with van der Waals surface area (Å²) in [5, 5.41) is 2.13. The van der Waals surface area contributed by atoms with E-state index in [-0.39, 0.29) is 5.41 Å². The zero-order valence-corrected chi connectivity index (χ0v) is 25.1. The number of para-hydroxylation sites is 2. The molecule has 7 rings (SSSR count). The van der Waals surface area contributed by atoms with Gasteiger partial charge in [0.25, 0.3) is 0 Å². The van der Waals surface area contributed by atoms with Gasteiger partial charge in [-0.05, 0) is 77.4 Å². The lowest BCUT2D eigenvalue weighted by Gasteiger charge is -2.23. The van der Waals surface area contributed by atoms with E-state index >= 15 is 0 Å². The largest absolute Gasteiger partial charge is 0.437 e. The highest BCUT2D eigenvalue weighted by Gasteiger charge is 2.24. The van der Waals surface area contributed by atoms with Gasteiger partial charge in [-0.3, -0.25) is 4.57 Å². The van der Waals surface area contributed by atoms with Crippen LogP contribution in [0.2, 0.25) is 0 Å². The van der Waals surface area contributed by atoms with E-state index in [0.717, 1.165) is 55.7 Å². The van der Waals surface area contributed by atoms with Crippen molar-refractivity contribution in [3.05, 3.63) is 114 Å². The van der Waals surface area contributed by atoms with Gasteiger partial charge in [0.15, 0.2) is 0 Å². The molecular formula is C38H35N3O. The van der Waals surface area contributed by atoms with Crippen molar-refractivity contribution >= 4 is 33.1 Å². The summed E-state index contributed by atoms with van der Waals surface area (Å²) in [7, 11) is 0. The summed E-state index contributed by atoms with van der Waals surface area (Å²) in [5.41, 5.74) is 11.4. The van der Waals surface area contributed by atoms with Crippen LogP contribution in [-0.4, -0.2) is 14.5 Å². The maximum absolute atomic E-state index is 6.61. The molecular weight excluding hydrogens is 514 g/mol. The molecule has 0 N–H and O–H groups in total. The van der Waals surface area contributed by atoms with Crippen LogP contribution in [0.4, 0.5) is 0 Å². The van der Waals surface area contributed by atoms with Crippen molar-refractivity contribution in [3.8, 4) is 28.2 Å². The molecule has 4 aromatic carbocycles. The second kappa shape index (κ2) is 9.70. The Labute approximate surface area is 246 Å². The molecule has 7 aromatic rings. The minimum absolute atomic E-state index is 0.0150. The van der Waals surface area contributed by atoms with Gasteiger partial charge < -0.3 is 4.42 Å². The Hall–Kier alpha value is -4.70. The Morgan fingerprint density at radius 3 is 2.29 bits per heavy atom. The molecule has 0 saturated carbocycles. The fraction of sp³-hybridized carbons (Fsp3) is 0.211. The molecule has 42 heavy (non-hydrogen) atoms. The highest BCUT2D eigenvalue weighted by atomic mass is 16.3. The van der Waals surface area contributed by atoms with E-state index < -0.39 is 0 Å². The highest BCUT2D eigenvalue weighted by molar-refractivity contribution is 6.10. The maximum atomic E-state index is 6.61. The second-order valence-corrected chi connectivity index (χ2v) is 12.6. The number of benzene rings is 4. The lowest BCUT2D eigenvalue weighted by atomic mass is 9.85. The molecule has 0 saturated heterocycles. The molecule has 0 aliphatic carbocycles. The zero-order chi connectivity index (χ0) is 29.2. The molecule has 0 amide bonds. The zero-order valence-electron chi connectivity index (χ0n) is 25.1. The molecule has 208 valence electrons. The van der Waals surface area contributed by atoms with Gasteiger partial charge in [-0.25, -0.2) is 9.97 Å². The third-order valence-electron chi connectivity index (χ3n) is 8.30. The van der Waals surface area contributed by atoms with E-state index in [4.69, 9.17) is 14.4 Å². The van der Waals surface area contributed by atoms with Crippen LogP contribution in [0, 0.1) is 6.92 Å². The number of hydrogen-bond donors (Lipinski definition) is 0. The minimum Gasteiger partial charge on any atom is -0.437 e. The van der Waals surface area contributed by atoms with Gasteiger partial charge in [-0.1, -0.05) is 89.2 Å². The van der Waals surface area contributed by atoms with Gasteiger partial charge in [-0.2, -0.15) is 0 Å². The number of rotatable bonds is 4. The molecule has 4 heteroatoms. The second-order valence-electron chi connectivity index (χ2n) is 12.6. The molecule has 0 radical (unpaired) electrons. The topological polar surface area (TPSA) is 43.9 Å². The van der Waals surface area contributed by atoms with E-state index in [9.17, 15) is 0 Å². The van der Waals surface area contributed by atoms with E-state index in [0.29, 0.717) is 11.6 Å². The van der Waals surface area contributed by atoms with Gasteiger partial charge in [0.1, 0.15) is 11.4 Å². The Bertz CT molecular complexity index is 2110. The molecule has 3 heterocycles. The van der Waals surface area contributed by atoms with Crippen LogP contribution in [0.25, 0.3) is 61.3 Å². The molecule has 0 unspecified atom stereocenters. The van der Waals surface area contributed by atoms with Crippen molar-refractivity contribution in [2.75, 3.05) is 0 Å². The van der Waals surface area contributed by atoms with Crippen LogP contribution in [-0.2, 0) is 5.41 Å². The number of imidazole rings is 1. The molecule has 0 bridgehead atoms. The van der Waals surface area contributed by atoms with Crippen LogP contribution in [0.1, 0.15) is 57.4 Å². The standard InChI is InChI=1S/C38H35N3O/c1-23(2)30-20-19-27-34-24(3)16-18-28(35(34)42-37(27)40-30)36-39-31-14-10-11-15-33(31)41(36)32-21-17-26(38(4,5)6)22-29(32)25-12-8-7-9-13-25/h7-23H,1-6H3. The molecule has 4 nitrogen and oxygen atoms in total. The lowest BCUT2D eigenvalue weighted by Crippen LogP contribution is -2.12. The Kier molecular flexibility index (Phi) is 6.05. The van der Waals surface area contributed by atoms with Crippen LogP contribution >= 0.6 is 0 Å². The van der Waals surface area contributed by atoms with Gasteiger partial charge in [0.2, 0.25) is 5.71 Å². The summed E-state index contributed by atoms with van der Waals surface area (Å²) in [6.07, 6.45) is 0. The average Bonchev–Trinajstić information content (AvgIpc) is 3.56. The number of fused-ring (bicyclic) bond motifs is 4. The van der Waals surface area contributed by atoms with Crippen molar-refractivity contribution in [3.63, 3.8) is 0 Å². The Morgan fingerprint density at radius 1 is 0.762 bits per heavy atom. The fourth-order valence-electron chi connectivity index (χ4n) is 5.94. The summed E-state index contributed by atoms with van der Waals surface area (Å²) in [4.78, 5) is 10.1. The Morgan fingerprint density at radius 2 is 1.52 bits per heavy atom. The quantitative estimate of drug-likeness (QED) is 0.219. The Balaban J connectivity index is 1.57. The van der Waals surface area contributed by atoms with Gasteiger partial charge in [0, 0.05) is 22.0 Å². The van der Waals surface area contributed by atoms with Crippen molar-refractivity contribution < 1.29 is 4.42 Å². The molecule has 0 aliphatic rings. The first kappa shape index (κ1) is 26.2. The summed E-state index contributed by atoms with van der Waals surface area (Å²) in [6, 6.07) is 34.5. The number of aromatic nitrogens is 3. The molecule has 0 spiro atoms. The van der Waals surface area contributed by atoms with Gasteiger partial charge in [0.05, 0.1) is 22.3 Å². The lowest BCUT2D eigenvalue weighted by molar-refractivity contribution is 0.590. The molecule has 0 fully saturated rings. The van der Waals surface area contributed by atoms with E-state index in [1.807, 2.05) is 6.07 Å². The van der Waals surface area contributed by atoms with E-state index in [1.165, 1.54) is 16.7 Å². The first-order chi connectivity index (χ1) is 20.2. The summed E-state index contributed by atoms with van der Waals surface area (Å²) in [6.45, 7) is 13.2.